The van der Waals surface area contributed by atoms with E-state index >= 15 is 0 Å². The van der Waals surface area contributed by atoms with E-state index in [2.05, 4.69) is 5.32 Å². The summed E-state index contributed by atoms with van der Waals surface area (Å²) in [5.41, 5.74) is 0. The van der Waals surface area contributed by atoms with E-state index in [0.29, 0.717) is 32.0 Å². The number of urea groups is 1. The fraction of sp³-hybridized carbons (Fsp3) is 0.846. The van der Waals surface area contributed by atoms with Gasteiger partial charge >= 0.3 is 6.03 Å². The first kappa shape index (κ1) is 15.9. The van der Waals surface area contributed by atoms with Crippen molar-refractivity contribution in [3.63, 3.8) is 0 Å². The van der Waals surface area contributed by atoms with Crippen LogP contribution in [0.1, 0.15) is 33.1 Å². The summed E-state index contributed by atoms with van der Waals surface area (Å²) in [5.74, 6) is 0.680. The number of amidine groups is 1. The molecule has 0 heterocycles. The van der Waals surface area contributed by atoms with Crippen LogP contribution in [0.2, 0.25) is 0 Å². The van der Waals surface area contributed by atoms with Crippen molar-refractivity contribution in [3.05, 3.63) is 0 Å². The van der Waals surface area contributed by atoms with E-state index < -0.39 is 0 Å². The van der Waals surface area contributed by atoms with Gasteiger partial charge in [-0.25, -0.2) is 4.79 Å². The van der Waals surface area contributed by atoms with Gasteiger partial charge in [0.05, 0.1) is 0 Å². The van der Waals surface area contributed by atoms with Crippen molar-refractivity contribution in [1.82, 2.24) is 10.2 Å². The second-order valence-corrected chi connectivity index (χ2v) is 4.58. The lowest BCUT2D eigenvalue weighted by molar-refractivity contribution is -0.138. The molecule has 0 bridgehead atoms. The van der Waals surface area contributed by atoms with Crippen molar-refractivity contribution in [2.45, 2.75) is 39.4 Å². The monoisotopic (exact) mass is 271 g/mol. The summed E-state index contributed by atoms with van der Waals surface area (Å²) in [6, 6.07) is -0.233. The van der Waals surface area contributed by atoms with E-state index in [1.807, 2.05) is 13.8 Å². The lowest BCUT2D eigenvalue weighted by Crippen LogP contribution is -2.42. The maximum Gasteiger partial charge on any atom is 0.322 e. The van der Waals surface area contributed by atoms with Crippen LogP contribution in [0.15, 0.2) is 0 Å². The van der Waals surface area contributed by atoms with E-state index in [1.165, 1.54) is 4.90 Å². The first-order valence-corrected chi connectivity index (χ1v) is 6.93. The first-order valence-electron chi connectivity index (χ1n) is 6.93. The lowest BCUT2D eigenvalue weighted by Gasteiger charge is -2.20. The summed E-state index contributed by atoms with van der Waals surface area (Å²) in [7, 11) is 1.64. The Labute approximate surface area is 114 Å². The highest BCUT2D eigenvalue weighted by Crippen LogP contribution is 2.30. The number of rotatable bonds is 8. The molecule has 0 spiro atoms. The highest BCUT2D eigenvalue weighted by atomic mass is 16.7. The number of ether oxygens (including phenoxy) is 2. The maximum absolute atomic E-state index is 11.8. The molecule has 0 saturated heterocycles. The molecule has 2 amide bonds. The zero-order valence-electron chi connectivity index (χ0n) is 12.1. The average molecular weight is 271 g/mol. The van der Waals surface area contributed by atoms with Crippen molar-refractivity contribution in [1.29, 1.82) is 5.41 Å². The average Bonchev–Trinajstić information content (AvgIpc) is 3.21. The predicted octanol–water partition coefficient (Wildman–Crippen LogP) is 1.80. The van der Waals surface area contributed by atoms with E-state index in [-0.39, 0.29) is 18.2 Å². The van der Waals surface area contributed by atoms with Crippen molar-refractivity contribution in [2.24, 2.45) is 5.92 Å². The molecular formula is C13H25N3O3. The Balaban J connectivity index is 2.22. The number of carbonyl (C=O) groups excluding carboxylic acids is 1. The molecule has 6 heteroatoms. The van der Waals surface area contributed by atoms with E-state index in [0.717, 1.165) is 12.8 Å². The van der Waals surface area contributed by atoms with Gasteiger partial charge in [-0.15, -0.1) is 0 Å². The summed E-state index contributed by atoms with van der Waals surface area (Å²) in [5, 5.41) is 10.6. The largest absolute Gasteiger partial charge is 0.353 e. The van der Waals surface area contributed by atoms with Crippen LogP contribution in [-0.4, -0.2) is 49.9 Å². The highest BCUT2D eigenvalue weighted by molar-refractivity contribution is 5.97. The van der Waals surface area contributed by atoms with Crippen LogP contribution in [0.5, 0.6) is 0 Å². The number of nitrogens with zero attached hydrogens (tertiary/aromatic N) is 1. The van der Waals surface area contributed by atoms with Gasteiger partial charge in [0.15, 0.2) is 6.29 Å². The molecule has 0 unspecified atom stereocenters. The molecule has 1 aliphatic rings. The van der Waals surface area contributed by atoms with Gasteiger partial charge in [0.2, 0.25) is 0 Å². The van der Waals surface area contributed by atoms with Gasteiger partial charge < -0.3 is 14.8 Å². The van der Waals surface area contributed by atoms with Crippen LogP contribution < -0.4 is 5.32 Å². The molecular weight excluding hydrogens is 246 g/mol. The summed E-state index contributed by atoms with van der Waals surface area (Å²) in [4.78, 5) is 13.2. The molecule has 0 atom stereocenters. The number of carbonyl (C=O) groups is 1. The Kier molecular flexibility index (Phi) is 6.80. The fourth-order valence-electron chi connectivity index (χ4n) is 1.74. The van der Waals surface area contributed by atoms with Crippen molar-refractivity contribution in [3.8, 4) is 0 Å². The van der Waals surface area contributed by atoms with Gasteiger partial charge in [-0.1, -0.05) is 0 Å². The molecule has 0 aromatic heterocycles. The van der Waals surface area contributed by atoms with E-state index in [4.69, 9.17) is 14.9 Å². The summed E-state index contributed by atoms with van der Waals surface area (Å²) < 4.78 is 10.8. The van der Waals surface area contributed by atoms with Gasteiger partial charge in [0.1, 0.15) is 5.84 Å². The molecule has 6 nitrogen and oxygen atoms in total. The zero-order valence-corrected chi connectivity index (χ0v) is 12.1. The van der Waals surface area contributed by atoms with Crippen molar-refractivity contribution in [2.75, 3.05) is 26.8 Å². The van der Waals surface area contributed by atoms with Gasteiger partial charge in [0, 0.05) is 39.1 Å². The van der Waals surface area contributed by atoms with Crippen LogP contribution in [-0.2, 0) is 9.47 Å². The Hall–Kier alpha value is -1.14. The van der Waals surface area contributed by atoms with Crippen LogP contribution in [0, 0.1) is 11.3 Å². The summed E-state index contributed by atoms with van der Waals surface area (Å²) >= 11 is 0. The minimum Gasteiger partial charge on any atom is -0.353 e. The topological polar surface area (TPSA) is 74.7 Å². The molecule has 1 saturated carbocycles. The smallest absolute Gasteiger partial charge is 0.322 e. The summed E-state index contributed by atoms with van der Waals surface area (Å²) in [6.45, 7) is 5.48. The standard InChI is InChI=1S/C13H25N3O3/c1-4-18-11(19-5-2)8-9-15-13(17)16(3)12(14)10-6-7-10/h10-11,14H,4-9H2,1-3H3,(H,15,17). The first-order chi connectivity index (χ1) is 9.10. The van der Waals surface area contributed by atoms with Gasteiger partial charge in [-0.05, 0) is 26.7 Å². The van der Waals surface area contributed by atoms with E-state index in [1.54, 1.807) is 7.05 Å². The second kappa shape index (κ2) is 8.12. The van der Waals surface area contributed by atoms with Crippen LogP contribution >= 0.6 is 0 Å². The fourth-order valence-corrected chi connectivity index (χ4v) is 1.74. The minimum atomic E-state index is -0.275. The predicted molar refractivity (Wildman–Crippen MR) is 73.3 cm³/mol. The van der Waals surface area contributed by atoms with Crippen LogP contribution in [0.25, 0.3) is 0 Å². The van der Waals surface area contributed by atoms with Gasteiger partial charge in [-0.3, -0.25) is 10.3 Å². The maximum atomic E-state index is 11.8. The van der Waals surface area contributed by atoms with Crippen LogP contribution in [0.3, 0.4) is 0 Å². The molecule has 0 aromatic rings. The SMILES string of the molecule is CCOC(CCNC(=O)N(C)C(=N)C1CC1)OCC. The molecule has 1 aliphatic carbocycles. The quantitative estimate of drug-likeness (QED) is 0.401. The zero-order chi connectivity index (χ0) is 14.3. The molecule has 0 radical (unpaired) electrons. The molecule has 19 heavy (non-hydrogen) atoms. The lowest BCUT2D eigenvalue weighted by atomic mass is 10.3. The molecule has 1 rings (SSSR count). The third-order valence-corrected chi connectivity index (χ3v) is 2.99. The Morgan fingerprint density at radius 3 is 2.42 bits per heavy atom. The number of amides is 2. The Morgan fingerprint density at radius 2 is 1.95 bits per heavy atom. The molecule has 110 valence electrons. The molecule has 0 aliphatic heterocycles. The Bertz CT molecular complexity index is 300. The normalized spacial score (nSPS) is 14.5. The van der Waals surface area contributed by atoms with Gasteiger partial charge in [-0.2, -0.15) is 0 Å². The molecule has 1 fully saturated rings. The Morgan fingerprint density at radius 1 is 1.37 bits per heavy atom. The minimum absolute atomic E-state index is 0.233. The number of hydrogen-bond donors (Lipinski definition) is 2. The van der Waals surface area contributed by atoms with Gasteiger partial charge in [0.25, 0.3) is 0 Å². The van der Waals surface area contributed by atoms with E-state index in [9.17, 15) is 4.79 Å². The van der Waals surface area contributed by atoms with Crippen LogP contribution in [0.4, 0.5) is 4.79 Å². The summed E-state index contributed by atoms with van der Waals surface area (Å²) in [6.07, 6.45) is 2.38. The second-order valence-electron chi connectivity index (χ2n) is 4.58. The number of nitrogens with one attached hydrogen (secondary N) is 2. The number of hydrogen-bond acceptors (Lipinski definition) is 4. The van der Waals surface area contributed by atoms with Crippen molar-refractivity contribution < 1.29 is 14.3 Å². The molecule has 0 aromatic carbocycles. The highest BCUT2D eigenvalue weighted by Gasteiger charge is 2.30. The van der Waals surface area contributed by atoms with Crippen molar-refractivity contribution >= 4 is 11.9 Å². The third-order valence-electron chi connectivity index (χ3n) is 2.99. The third kappa shape index (κ3) is 5.57. The molecule has 2 N–H and O–H groups in total.